The van der Waals surface area contributed by atoms with Crippen molar-refractivity contribution >= 4 is 57.6 Å². The first-order chi connectivity index (χ1) is 17.4. The second kappa shape index (κ2) is 11.4. The number of benzene rings is 3. The third-order valence-corrected chi connectivity index (χ3v) is 6.83. The van der Waals surface area contributed by atoms with Crippen molar-refractivity contribution < 1.29 is 19.1 Å². The molecule has 1 N–H and O–H groups in total. The van der Waals surface area contributed by atoms with Gasteiger partial charge in [0.05, 0.1) is 17.2 Å². The van der Waals surface area contributed by atoms with Crippen molar-refractivity contribution in [3.05, 3.63) is 88.3 Å². The highest BCUT2D eigenvalue weighted by Crippen LogP contribution is 2.37. The van der Waals surface area contributed by atoms with Gasteiger partial charge in [0.15, 0.2) is 22.4 Å². The number of carbonyl (C=O) groups excluding carboxylic acids is 2. The van der Waals surface area contributed by atoms with Crippen molar-refractivity contribution in [3.8, 4) is 11.5 Å². The SMILES string of the molecule is CCOc1cc(/C=C2\SC(=S)N(c3ccccc3)C2=O)ccc1OCC(=O)Nc1ccc(C)c(C)c1. The Labute approximate surface area is 220 Å². The van der Waals surface area contributed by atoms with Crippen LogP contribution in [-0.2, 0) is 9.59 Å². The van der Waals surface area contributed by atoms with Crippen LogP contribution < -0.4 is 19.7 Å². The minimum absolute atomic E-state index is 0.165. The van der Waals surface area contributed by atoms with Crippen LogP contribution in [-0.4, -0.2) is 29.3 Å². The zero-order valence-corrected chi connectivity index (χ0v) is 21.9. The molecular weight excluding hydrogens is 492 g/mol. The topological polar surface area (TPSA) is 67.9 Å². The fourth-order valence-corrected chi connectivity index (χ4v) is 4.88. The van der Waals surface area contributed by atoms with E-state index in [-0.39, 0.29) is 18.4 Å². The molecule has 0 atom stereocenters. The highest BCUT2D eigenvalue weighted by molar-refractivity contribution is 8.27. The minimum atomic E-state index is -0.269. The van der Waals surface area contributed by atoms with E-state index in [9.17, 15) is 9.59 Å². The molecule has 36 heavy (non-hydrogen) atoms. The van der Waals surface area contributed by atoms with Gasteiger partial charge in [0.1, 0.15) is 0 Å². The van der Waals surface area contributed by atoms with E-state index < -0.39 is 0 Å². The van der Waals surface area contributed by atoms with Crippen LogP contribution in [0.3, 0.4) is 0 Å². The van der Waals surface area contributed by atoms with E-state index in [2.05, 4.69) is 5.32 Å². The van der Waals surface area contributed by atoms with Gasteiger partial charge in [-0.2, -0.15) is 0 Å². The van der Waals surface area contributed by atoms with Gasteiger partial charge >= 0.3 is 0 Å². The third kappa shape index (κ3) is 5.95. The summed E-state index contributed by atoms with van der Waals surface area (Å²) in [6.45, 7) is 6.14. The first-order valence-electron chi connectivity index (χ1n) is 11.5. The molecule has 184 valence electrons. The Morgan fingerprint density at radius 3 is 2.50 bits per heavy atom. The van der Waals surface area contributed by atoms with E-state index in [0.29, 0.717) is 27.3 Å². The summed E-state index contributed by atoms with van der Waals surface area (Å²) in [5.41, 5.74) is 4.48. The first-order valence-corrected chi connectivity index (χ1v) is 12.7. The van der Waals surface area contributed by atoms with E-state index in [0.717, 1.165) is 28.1 Å². The molecule has 8 heteroatoms. The zero-order chi connectivity index (χ0) is 25.7. The average Bonchev–Trinajstić information content (AvgIpc) is 3.14. The molecule has 3 aromatic carbocycles. The van der Waals surface area contributed by atoms with Crippen LogP contribution in [0.25, 0.3) is 6.08 Å². The average molecular weight is 519 g/mol. The number of anilines is 2. The van der Waals surface area contributed by atoms with Crippen LogP contribution in [0.15, 0.2) is 71.6 Å². The number of rotatable bonds is 8. The Morgan fingerprint density at radius 2 is 1.78 bits per heavy atom. The molecule has 0 aromatic heterocycles. The molecule has 1 fully saturated rings. The minimum Gasteiger partial charge on any atom is -0.490 e. The standard InChI is InChI=1S/C28H26N2O4S2/c1-4-33-24-15-20(16-25-27(32)30(28(35)36-25)22-8-6-5-7-9-22)11-13-23(24)34-17-26(31)29-21-12-10-18(2)19(3)14-21/h5-16H,4,17H2,1-3H3,(H,29,31)/b25-16-. The lowest BCUT2D eigenvalue weighted by atomic mass is 10.1. The molecule has 1 saturated heterocycles. The Kier molecular flexibility index (Phi) is 8.07. The lowest BCUT2D eigenvalue weighted by molar-refractivity contribution is -0.118. The van der Waals surface area contributed by atoms with E-state index in [4.69, 9.17) is 21.7 Å². The van der Waals surface area contributed by atoms with Crippen molar-refractivity contribution in [2.24, 2.45) is 0 Å². The number of nitrogens with one attached hydrogen (secondary N) is 1. The van der Waals surface area contributed by atoms with Crippen molar-refractivity contribution in [1.82, 2.24) is 0 Å². The van der Waals surface area contributed by atoms with Gasteiger partial charge in [0, 0.05) is 5.69 Å². The molecule has 6 nitrogen and oxygen atoms in total. The molecule has 0 radical (unpaired) electrons. The first kappa shape index (κ1) is 25.5. The van der Waals surface area contributed by atoms with Crippen LogP contribution in [0.4, 0.5) is 11.4 Å². The number of carbonyl (C=O) groups is 2. The Bertz CT molecular complexity index is 1340. The molecule has 0 unspecified atom stereocenters. The van der Waals surface area contributed by atoms with Crippen molar-refractivity contribution in [3.63, 3.8) is 0 Å². The number of thioether (sulfide) groups is 1. The molecule has 1 aliphatic heterocycles. The lowest BCUT2D eigenvalue weighted by Gasteiger charge is -2.14. The van der Waals surface area contributed by atoms with E-state index in [1.54, 1.807) is 18.2 Å². The fraction of sp³-hybridized carbons (Fsp3) is 0.179. The van der Waals surface area contributed by atoms with Crippen LogP contribution in [0.5, 0.6) is 11.5 Å². The molecule has 0 spiro atoms. The molecule has 0 bridgehead atoms. The molecule has 3 aromatic rings. The quantitative estimate of drug-likeness (QED) is 0.286. The Balaban J connectivity index is 1.46. The summed E-state index contributed by atoms with van der Waals surface area (Å²) < 4.78 is 12.0. The highest BCUT2D eigenvalue weighted by Gasteiger charge is 2.33. The molecular formula is C28H26N2O4S2. The Morgan fingerprint density at radius 1 is 1.00 bits per heavy atom. The van der Waals surface area contributed by atoms with E-state index >= 15 is 0 Å². The smallest absolute Gasteiger partial charge is 0.270 e. The second-order valence-corrected chi connectivity index (χ2v) is 9.80. The van der Waals surface area contributed by atoms with Gasteiger partial charge in [-0.1, -0.05) is 54.3 Å². The van der Waals surface area contributed by atoms with Crippen LogP contribution in [0, 0.1) is 13.8 Å². The van der Waals surface area contributed by atoms with Gasteiger partial charge in [-0.25, -0.2) is 0 Å². The van der Waals surface area contributed by atoms with Gasteiger partial charge in [-0.05, 0) is 79.9 Å². The molecule has 1 heterocycles. The number of aryl methyl sites for hydroxylation is 2. The Hall–Kier alpha value is -3.62. The monoisotopic (exact) mass is 518 g/mol. The summed E-state index contributed by atoms with van der Waals surface area (Å²) in [5, 5.41) is 2.85. The fourth-order valence-electron chi connectivity index (χ4n) is 3.58. The number of amides is 2. The molecule has 0 saturated carbocycles. The number of hydrogen-bond acceptors (Lipinski definition) is 6. The van der Waals surface area contributed by atoms with Gasteiger partial charge in [-0.3, -0.25) is 14.5 Å². The van der Waals surface area contributed by atoms with Crippen molar-refractivity contribution in [2.45, 2.75) is 20.8 Å². The predicted molar refractivity (Wildman–Crippen MR) is 150 cm³/mol. The van der Waals surface area contributed by atoms with Crippen LogP contribution in [0.1, 0.15) is 23.6 Å². The zero-order valence-electron chi connectivity index (χ0n) is 20.2. The van der Waals surface area contributed by atoms with E-state index in [1.807, 2.05) is 75.4 Å². The lowest BCUT2D eigenvalue weighted by Crippen LogP contribution is -2.27. The number of ether oxygens (including phenoxy) is 2. The largest absolute Gasteiger partial charge is 0.490 e. The number of nitrogens with zero attached hydrogens (tertiary/aromatic N) is 1. The summed E-state index contributed by atoms with van der Waals surface area (Å²) in [6, 6.07) is 20.4. The van der Waals surface area contributed by atoms with E-state index in [1.165, 1.54) is 16.7 Å². The number of thiocarbonyl (C=S) groups is 1. The van der Waals surface area contributed by atoms with Gasteiger partial charge < -0.3 is 14.8 Å². The van der Waals surface area contributed by atoms with Crippen molar-refractivity contribution in [1.29, 1.82) is 0 Å². The molecule has 1 aliphatic rings. The highest BCUT2D eigenvalue weighted by atomic mass is 32.2. The van der Waals surface area contributed by atoms with Crippen LogP contribution >= 0.6 is 24.0 Å². The maximum atomic E-state index is 13.0. The summed E-state index contributed by atoms with van der Waals surface area (Å²) in [4.78, 5) is 27.5. The maximum absolute atomic E-state index is 13.0. The summed E-state index contributed by atoms with van der Waals surface area (Å²) in [6.07, 6.45) is 1.78. The van der Waals surface area contributed by atoms with Gasteiger partial charge in [0.2, 0.25) is 0 Å². The normalized spacial score (nSPS) is 14.3. The summed E-state index contributed by atoms with van der Waals surface area (Å²) in [7, 11) is 0. The van der Waals surface area contributed by atoms with Crippen LogP contribution in [0.2, 0.25) is 0 Å². The summed E-state index contributed by atoms with van der Waals surface area (Å²) in [5.74, 6) is 0.497. The second-order valence-electron chi connectivity index (χ2n) is 8.13. The molecule has 2 amide bonds. The maximum Gasteiger partial charge on any atom is 0.270 e. The van der Waals surface area contributed by atoms with Gasteiger partial charge in [0.25, 0.3) is 11.8 Å². The van der Waals surface area contributed by atoms with Crippen molar-refractivity contribution in [2.75, 3.05) is 23.4 Å². The number of para-hydroxylation sites is 1. The third-order valence-electron chi connectivity index (χ3n) is 5.52. The number of hydrogen-bond donors (Lipinski definition) is 1. The summed E-state index contributed by atoms with van der Waals surface area (Å²) >= 11 is 6.70. The molecule has 4 rings (SSSR count). The molecule has 0 aliphatic carbocycles. The predicted octanol–water partition coefficient (Wildman–Crippen LogP) is 6.13. The van der Waals surface area contributed by atoms with Gasteiger partial charge in [-0.15, -0.1) is 0 Å².